The molecular weight excluding hydrogens is 398 g/mol. The molecule has 0 bridgehead atoms. The zero-order valence-corrected chi connectivity index (χ0v) is 18.2. The highest BCUT2D eigenvalue weighted by molar-refractivity contribution is 5.94. The van der Waals surface area contributed by atoms with Gasteiger partial charge in [-0.25, -0.2) is 0 Å². The number of aryl methyl sites for hydroxylation is 2. The highest BCUT2D eigenvalue weighted by atomic mass is 16.5. The smallest absolute Gasteiger partial charge is 0.269 e. The molecule has 0 saturated carbocycles. The van der Waals surface area contributed by atoms with Crippen LogP contribution in [0.15, 0.2) is 85.6 Å². The van der Waals surface area contributed by atoms with Gasteiger partial charge in [0.15, 0.2) is 0 Å². The van der Waals surface area contributed by atoms with E-state index in [1.165, 1.54) is 11.1 Å². The van der Waals surface area contributed by atoms with Gasteiger partial charge in [0, 0.05) is 17.1 Å². The van der Waals surface area contributed by atoms with E-state index >= 15 is 0 Å². The quantitative estimate of drug-likeness (QED) is 0.394. The first-order valence-corrected chi connectivity index (χ1v) is 10.4. The summed E-state index contributed by atoms with van der Waals surface area (Å²) in [5.74, 6) is 0.500. The average molecular weight is 424 g/mol. The van der Waals surface area contributed by atoms with E-state index in [4.69, 9.17) is 4.74 Å². The van der Waals surface area contributed by atoms with Gasteiger partial charge in [0.1, 0.15) is 17.9 Å². The normalized spacial score (nSPS) is 10.6. The van der Waals surface area contributed by atoms with Gasteiger partial charge in [-0.3, -0.25) is 20.6 Å². The summed E-state index contributed by atoms with van der Waals surface area (Å²) in [6.07, 6.45) is 1.76. The van der Waals surface area contributed by atoms with Gasteiger partial charge in [-0.05, 0) is 66.4 Å². The van der Waals surface area contributed by atoms with Gasteiger partial charge in [0.2, 0.25) is 0 Å². The second kappa shape index (κ2) is 9.35. The van der Waals surface area contributed by atoms with Crippen LogP contribution in [0.3, 0.4) is 0 Å². The van der Waals surface area contributed by atoms with Gasteiger partial charge in [0.05, 0.1) is 5.70 Å². The molecule has 0 aliphatic rings. The van der Waals surface area contributed by atoms with Crippen LogP contribution in [0.4, 0.5) is 0 Å². The lowest BCUT2D eigenvalue weighted by Gasteiger charge is -2.13. The number of para-hydroxylation sites is 1. The topological polar surface area (TPSA) is 63.2 Å². The maximum Gasteiger partial charge on any atom is 0.269 e. The Kier molecular flexibility index (Phi) is 6.17. The maximum atomic E-state index is 12.5. The minimum atomic E-state index is -0.235. The molecule has 0 aliphatic carbocycles. The fourth-order valence-electron chi connectivity index (χ4n) is 3.31. The van der Waals surface area contributed by atoms with E-state index in [9.17, 15) is 4.79 Å². The van der Waals surface area contributed by atoms with Gasteiger partial charge >= 0.3 is 0 Å². The van der Waals surface area contributed by atoms with Crippen molar-refractivity contribution in [2.75, 3.05) is 0 Å². The molecule has 1 heterocycles. The molecule has 0 atom stereocenters. The molecule has 4 rings (SSSR count). The van der Waals surface area contributed by atoms with Crippen LogP contribution in [0.25, 0.3) is 16.6 Å². The lowest BCUT2D eigenvalue weighted by atomic mass is 10.1. The van der Waals surface area contributed by atoms with Crippen LogP contribution in [-0.4, -0.2) is 10.9 Å². The summed E-state index contributed by atoms with van der Waals surface area (Å²) in [5, 5.41) is 1.03. The first-order chi connectivity index (χ1) is 15.5. The van der Waals surface area contributed by atoms with Crippen LogP contribution in [0.5, 0.6) is 5.75 Å². The Morgan fingerprint density at radius 3 is 2.44 bits per heavy atom. The largest absolute Gasteiger partial charge is 0.487 e. The number of rotatable bonds is 7. The Morgan fingerprint density at radius 1 is 0.906 bits per heavy atom. The van der Waals surface area contributed by atoms with Crippen molar-refractivity contribution in [1.82, 2.24) is 15.8 Å². The number of hydrogen-bond acceptors (Lipinski definition) is 4. The summed E-state index contributed by atoms with van der Waals surface area (Å²) in [5.41, 5.74) is 11.9. The number of benzene rings is 3. The van der Waals surface area contributed by atoms with Crippen molar-refractivity contribution < 1.29 is 9.53 Å². The number of amides is 1. The fraction of sp³-hybridized carbons (Fsp3) is 0.111. The van der Waals surface area contributed by atoms with Crippen molar-refractivity contribution >= 4 is 22.5 Å². The molecule has 0 unspecified atom stereocenters. The monoisotopic (exact) mass is 423 g/mol. The van der Waals surface area contributed by atoms with Crippen LogP contribution in [0, 0.1) is 13.8 Å². The van der Waals surface area contributed by atoms with Crippen molar-refractivity contribution in [2.24, 2.45) is 0 Å². The Hall–Kier alpha value is -4.12. The first kappa shape index (κ1) is 21.1. The Morgan fingerprint density at radius 2 is 1.66 bits per heavy atom. The molecule has 0 radical (unpaired) electrons. The van der Waals surface area contributed by atoms with Gasteiger partial charge in [0.25, 0.3) is 5.91 Å². The summed E-state index contributed by atoms with van der Waals surface area (Å²) < 4.78 is 5.96. The molecule has 0 spiro atoms. The Bertz CT molecular complexity index is 1270. The summed E-state index contributed by atoms with van der Waals surface area (Å²) in [6.45, 7) is 8.50. The van der Waals surface area contributed by atoms with Crippen LogP contribution in [0.2, 0.25) is 0 Å². The second-order valence-electron chi connectivity index (χ2n) is 7.67. The minimum absolute atomic E-state index is 0.235. The minimum Gasteiger partial charge on any atom is -0.487 e. The van der Waals surface area contributed by atoms with Crippen molar-refractivity contribution in [3.8, 4) is 5.75 Å². The highest BCUT2D eigenvalue weighted by Crippen LogP contribution is 2.24. The molecule has 4 aromatic rings. The van der Waals surface area contributed by atoms with E-state index in [1.807, 2.05) is 67.6 Å². The second-order valence-corrected chi connectivity index (χ2v) is 7.67. The van der Waals surface area contributed by atoms with E-state index in [0.29, 0.717) is 17.9 Å². The summed E-state index contributed by atoms with van der Waals surface area (Å²) in [6, 6.07) is 23.1. The third-order valence-corrected chi connectivity index (χ3v) is 5.39. The average Bonchev–Trinajstić information content (AvgIpc) is 2.83. The summed E-state index contributed by atoms with van der Waals surface area (Å²) in [4.78, 5) is 16.9. The lowest BCUT2D eigenvalue weighted by Crippen LogP contribution is -2.35. The van der Waals surface area contributed by atoms with Gasteiger partial charge < -0.3 is 4.74 Å². The van der Waals surface area contributed by atoms with E-state index in [2.05, 4.69) is 29.3 Å². The fourth-order valence-corrected chi connectivity index (χ4v) is 3.31. The number of nitrogens with zero attached hydrogens (tertiary/aromatic N) is 1. The number of fused-ring (bicyclic) bond motifs is 1. The van der Waals surface area contributed by atoms with Gasteiger partial charge in [-0.1, -0.05) is 49.0 Å². The van der Waals surface area contributed by atoms with Crippen LogP contribution >= 0.6 is 0 Å². The zero-order valence-electron chi connectivity index (χ0n) is 18.2. The van der Waals surface area contributed by atoms with Crippen molar-refractivity contribution in [1.29, 1.82) is 0 Å². The summed E-state index contributed by atoms with van der Waals surface area (Å²) in [7, 11) is 0. The molecule has 1 amide bonds. The molecular formula is C27H25N3O2. The predicted octanol–water partition coefficient (Wildman–Crippen LogP) is 5.34. The standard InChI is InChI=1S/C27H25N3O2/c1-18-9-12-24(16-19(18)2)20(3)29-30-27(31)23-13-10-21(11-14-23)17-32-25-8-4-6-22-7-5-15-28-26(22)25/h4-16,29H,3,17H2,1-2H3,(H,30,31). The molecule has 2 N–H and O–H groups in total. The molecule has 0 saturated heterocycles. The number of hydrogen-bond donors (Lipinski definition) is 2. The number of hydrazine groups is 1. The van der Waals surface area contributed by atoms with E-state index in [0.717, 1.165) is 27.8 Å². The Labute approximate surface area is 187 Å². The summed E-state index contributed by atoms with van der Waals surface area (Å²) >= 11 is 0. The van der Waals surface area contributed by atoms with E-state index in [1.54, 1.807) is 18.3 Å². The number of aromatic nitrogens is 1. The van der Waals surface area contributed by atoms with Crippen molar-refractivity contribution in [2.45, 2.75) is 20.5 Å². The predicted molar refractivity (Wildman–Crippen MR) is 128 cm³/mol. The number of carbonyl (C=O) groups excluding carboxylic acids is 1. The molecule has 3 aromatic carbocycles. The first-order valence-electron chi connectivity index (χ1n) is 10.4. The lowest BCUT2D eigenvalue weighted by molar-refractivity contribution is 0.0942. The highest BCUT2D eigenvalue weighted by Gasteiger charge is 2.08. The van der Waals surface area contributed by atoms with Crippen LogP contribution in [0.1, 0.15) is 32.6 Å². The van der Waals surface area contributed by atoms with Crippen LogP contribution < -0.4 is 15.6 Å². The molecule has 0 aliphatic heterocycles. The third kappa shape index (κ3) is 4.78. The molecule has 32 heavy (non-hydrogen) atoms. The molecule has 160 valence electrons. The number of nitrogens with one attached hydrogen (secondary N) is 2. The molecule has 5 heteroatoms. The van der Waals surface area contributed by atoms with Crippen LogP contribution in [-0.2, 0) is 6.61 Å². The number of pyridine rings is 1. The third-order valence-electron chi connectivity index (χ3n) is 5.39. The number of carbonyl (C=O) groups is 1. The maximum absolute atomic E-state index is 12.5. The van der Waals surface area contributed by atoms with Crippen molar-refractivity contribution in [3.05, 3.63) is 113 Å². The SMILES string of the molecule is C=C(NNC(=O)c1ccc(COc2cccc3cccnc23)cc1)c1ccc(C)c(C)c1. The zero-order chi connectivity index (χ0) is 22.5. The van der Waals surface area contributed by atoms with E-state index < -0.39 is 0 Å². The van der Waals surface area contributed by atoms with Gasteiger partial charge in [-0.15, -0.1) is 0 Å². The molecule has 0 fully saturated rings. The molecule has 1 aromatic heterocycles. The van der Waals surface area contributed by atoms with Gasteiger partial charge in [-0.2, -0.15) is 0 Å². The molecule has 5 nitrogen and oxygen atoms in total. The number of ether oxygens (including phenoxy) is 1. The van der Waals surface area contributed by atoms with E-state index in [-0.39, 0.29) is 5.91 Å². The van der Waals surface area contributed by atoms with Crippen molar-refractivity contribution in [3.63, 3.8) is 0 Å². The Balaban J connectivity index is 1.34.